The van der Waals surface area contributed by atoms with Crippen LogP contribution in [0.2, 0.25) is 0 Å². The van der Waals surface area contributed by atoms with Crippen molar-refractivity contribution < 1.29 is 18.1 Å². The van der Waals surface area contributed by atoms with E-state index in [1.165, 1.54) is 16.4 Å². The molecule has 3 rings (SSSR count). The largest absolute Gasteiger partial charge is 0.355 e. The second-order valence-corrected chi connectivity index (χ2v) is 7.12. The average molecular weight is 311 g/mol. The number of rotatable bonds is 3. The Kier molecular flexibility index (Phi) is 3.18. The lowest BCUT2D eigenvalue weighted by Crippen LogP contribution is -2.33. The first-order valence-electron chi connectivity index (χ1n) is 6.42. The van der Waals surface area contributed by atoms with Crippen LogP contribution in [0, 0.1) is 22.0 Å². The van der Waals surface area contributed by atoms with Crippen molar-refractivity contribution in [3.63, 3.8) is 0 Å². The molecule has 1 aromatic rings. The van der Waals surface area contributed by atoms with Crippen LogP contribution in [0.1, 0.15) is 0 Å². The summed E-state index contributed by atoms with van der Waals surface area (Å²) in [6.45, 7) is 0.953. The Balaban J connectivity index is 1.84. The number of benzene rings is 1. The van der Waals surface area contributed by atoms with E-state index in [1.807, 2.05) is 0 Å². The normalized spacial score (nSPS) is 25.6. The highest BCUT2D eigenvalue weighted by Gasteiger charge is 2.46. The van der Waals surface area contributed by atoms with Gasteiger partial charge in [0.25, 0.3) is 5.69 Å². The van der Waals surface area contributed by atoms with Crippen LogP contribution in [0.15, 0.2) is 29.2 Å². The third-order valence-corrected chi connectivity index (χ3v) is 5.81. The summed E-state index contributed by atoms with van der Waals surface area (Å²) in [5.74, 6) is -0.399. The van der Waals surface area contributed by atoms with E-state index in [0.29, 0.717) is 13.1 Å². The van der Waals surface area contributed by atoms with Crippen LogP contribution in [-0.4, -0.2) is 43.2 Å². The highest BCUT2D eigenvalue weighted by Crippen LogP contribution is 2.31. The minimum absolute atomic E-state index is 0.00493. The molecular formula is C12H13N3O5S. The number of amides is 1. The second kappa shape index (κ2) is 4.78. The number of sulfonamides is 1. The van der Waals surface area contributed by atoms with Crippen molar-refractivity contribution in [3.05, 3.63) is 34.4 Å². The minimum atomic E-state index is -3.72. The summed E-state index contributed by atoms with van der Waals surface area (Å²) in [6, 6.07) is 4.77. The number of nitrogens with zero attached hydrogens (tertiary/aromatic N) is 2. The molecule has 8 nitrogen and oxygen atoms in total. The Morgan fingerprint density at radius 1 is 1.24 bits per heavy atom. The van der Waals surface area contributed by atoms with Crippen molar-refractivity contribution in [1.29, 1.82) is 0 Å². The fourth-order valence-electron chi connectivity index (χ4n) is 2.78. The Bertz CT molecular complexity index is 700. The van der Waals surface area contributed by atoms with E-state index in [-0.39, 0.29) is 34.9 Å². The van der Waals surface area contributed by atoms with Gasteiger partial charge in [-0.25, -0.2) is 8.42 Å². The predicted octanol–water partition coefficient (Wildman–Crippen LogP) is -0.0387. The monoisotopic (exact) mass is 311 g/mol. The standard InChI is InChI=1S/C12H13N3O5S/c16-12-11-7-14(6-8(11)5-13-12)21(19,20)10-3-1-9(2-4-10)15(17)18/h1-4,8,11H,5-7H2,(H,13,16)/t8-,11+/m0/s1. The fraction of sp³-hybridized carbons (Fsp3) is 0.417. The predicted molar refractivity (Wildman–Crippen MR) is 71.8 cm³/mol. The van der Waals surface area contributed by atoms with Gasteiger partial charge in [0.2, 0.25) is 15.9 Å². The molecule has 0 bridgehead atoms. The van der Waals surface area contributed by atoms with Crippen LogP contribution in [0.5, 0.6) is 0 Å². The van der Waals surface area contributed by atoms with E-state index in [0.717, 1.165) is 12.1 Å². The van der Waals surface area contributed by atoms with Crippen LogP contribution < -0.4 is 5.32 Å². The highest BCUT2D eigenvalue weighted by atomic mass is 32.2. The van der Waals surface area contributed by atoms with Gasteiger partial charge in [0, 0.05) is 37.7 Å². The molecule has 2 heterocycles. The van der Waals surface area contributed by atoms with E-state index in [9.17, 15) is 23.3 Å². The van der Waals surface area contributed by atoms with Crippen molar-refractivity contribution in [2.75, 3.05) is 19.6 Å². The van der Waals surface area contributed by atoms with E-state index >= 15 is 0 Å². The first-order valence-corrected chi connectivity index (χ1v) is 7.86. The quantitative estimate of drug-likeness (QED) is 0.622. The Labute approximate surface area is 120 Å². The number of nitro groups is 1. The molecule has 2 fully saturated rings. The summed E-state index contributed by atoms with van der Waals surface area (Å²) in [5, 5.41) is 13.3. The molecule has 0 saturated carbocycles. The molecule has 9 heteroatoms. The maximum absolute atomic E-state index is 12.5. The SMILES string of the molecule is O=C1NC[C@H]2CN(S(=O)(=O)c3ccc([N+](=O)[O-])cc3)C[C@@H]12. The summed E-state index contributed by atoms with van der Waals surface area (Å²) in [7, 11) is -3.72. The van der Waals surface area contributed by atoms with Gasteiger partial charge in [-0.3, -0.25) is 14.9 Å². The van der Waals surface area contributed by atoms with Crippen molar-refractivity contribution in [2.45, 2.75) is 4.90 Å². The van der Waals surface area contributed by atoms with Gasteiger partial charge in [-0.1, -0.05) is 0 Å². The second-order valence-electron chi connectivity index (χ2n) is 5.18. The summed E-state index contributed by atoms with van der Waals surface area (Å²) in [5.41, 5.74) is -0.161. The molecule has 112 valence electrons. The highest BCUT2D eigenvalue weighted by molar-refractivity contribution is 7.89. The lowest BCUT2D eigenvalue weighted by Gasteiger charge is -2.17. The van der Waals surface area contributed by atoms with Crippen molar-refractivity contribution in [2.24, 2.45) is 11.8 Å². The van der Waals surface area contributed by atoms with Crippen LogP contribution in [-0.2, 0) is 14.8 Å². The molecular weight excluding hydrogens is 298 g/mol. The first kappa shape index (κ1) is 14.0. The maximum atomic E-state index is 12.5. The molecule has 2 aliphatic heterocycles. The molecule has 0 aliphatic carbocycles. The van der Waals surface area contributed by atoms with E-state index < -0.39 is 14.9 Å². The maximum Gasteiger partial charge on any atom is 0.269 e. The van der Waals surface area contributed by atoms with Gasteiger partial charge in [0.05, 0.1) is 15.7 Å². The zero-order valence-electron chi connectivity index (χ0n) is 10.9. The average Bonchev–Trinajstić information content (AvgIpc) is 3.02. The van der Waals surface area contributed by atoms with Gasteiger partial charge < -0.3 is 5.32 Å². The zero-order chi connectivity index (χ0) is 15.2. The molecule has 0 aromatic heterocycles. The first-order chi connectivity index (χ1) is 9.89. The number of fused-ring (bicyclic) bond motifs is 1. The zero-order valence-corrected chi connectivity index (χ0v) is 11.7. The molecule has 2 aliphatic rings. The number of non-ortho nitro benzene ring substituents is 1. The Morgan fingerprint density at radius 2 is 1.90 bits per heavy atom. The number of hydrogen-bond acceptors (Lipinski definition) is 5. The minimum Gasteiger partial charge on any atom is -0.355 e. The van der Waals surface area contributed by atoms with Gasteiger partial charge in [-0.15, -0.1) is 0 Å². The summed E-state index contributed by atoms with van der Waals surface area (Å²) in [6.07, 6.45) is 0. The fourth-order valence-corrected chi connectivity index (χ4v) is 4.31. The lowest BCUT2D eigenvalue weighted by atomic mass is 10.0. The van der Waals surface area contributed by atoms with Crippen molar-refractivity contribution >= 4 is 21.6 Å². The topological polar surface area (TPSA) is 110 Å². The number of hydrogen-bond donors (Lipinski definition) is 1. The molecule has 1 N–H and O–H groups in total. The van der Waals surface area contributed by atoms with Crippen molar-refractivity contribution in [3.8, 4) is 0 Å². The third-order valence-electron chi connectivity index (χ3n) is 3.97. The smallest absolute Gasteiger partial charge is 0.269 e. The van der Waals surface area contributed by atoms with Gasteiger partial charge in [-0.2, -0.15) is 4.31 Å². The molecule has 2 saturated heterocycles. The molecule has 1 aromatic carbocycles. The van der Waals surface area contributed by atoms with E-state index in [2.05, 4.69) is 5.32 Å². The Hall–Kier alpha value is -2.00. The molecule has 21 heavy (non-hydrogen) atoms. The van der Waals surface area contributed by atoms with Crippen LogP contribution in [0.3, 0.4) is 0 Å². The molecule has 0 spiro atoms. The lowest BCUT2D eigenvalue weighted by molar-refractivity contribution is -0.384. The molecule has 2 atom stereocenters. The summed E-state index contributed by atoms with van der Waals surface area (Å²) < 4.78 is 26.2. The Morgan fingerprint density at radius 3 is 2.48 bits per heavy atom. The summed E-state index contributed by atoms with van der Waals surface area (Å²) in [4.78, 5) is 21.6. The number of carbonyl (C=O) groups is 1. The molecule has 1 amide bonds. The number of nitrogens with one attached hydrogen (secondary N) is 1. The van der Waals surface area contributed by atoms with Crippen LogP contribution in [0.25, 0.3) is 0 Å². The number of nitro benzene ring substituents is 1. The van der Waals surface area contributed by atoms with E-state index in [4.69, 9.17) is 0 Å². The number of carbonyl (C=O) groups excluding carboxylic acids is 1. The molecule has 0 radical (unpaired) electrons. The van der Waals surface area contributed by atoms with Crippen LogP contribution >= 0.6 is 0 Å². The van der Waals surface area contributed by atoms with Gasteiger partial charge in [-0.05, 0) is 12.1 Å². The van der Waals surface area contributed by atoms with Crippen molar-refractivity contribution in [1.82, 2.24) is 9.62 Å². The van der Waals surface area contributed by atoms with E-state index in [1.54, 1.807) is 0 Å². The van der Waals surface area contributed by atoms with Gasteiger partial charge >= 0.3 is 0 Å². The third kappa shape index (κ3) is 2.28. The summed E-state index contributed by atoms with van der Waals surface area (Å²) >= 11 is 0. The van der Waals surface area contributed by atoms with Crippen LogP contribution in [0.4, 0.5) is 5.69 Å². The molecule has 0 unspecified atom stereocenters. The van der Waals surface area contributed by atoms with Gasteiger partial charge in [0.15, 0.2) is 0 Å². The van der Waals surface area contributed by atoms with Gasteiger partial charge in [0.1, 0.15) is 0 Å².